The highest BCUT2D eigenvalue weighted by molar-refractivity contribution is 5.70. The lowest BCUT2D eigenvalue weighted by Gasteiger charge is -2.09. The molecule has 1 rings (SSSR count). The van der Waals surface area contributed by atoms with Crippen molar-refractivity contribution < 1.29 is 9.53 Å². The minimum absolute atomic E-state index is 0.273. The fourth-order valence-electron chi connectivity index (χ4n) is 1.16. The van der Waals surface area contributed by atoms with Gasteiger partial charge in [-0.2, -0.15) is 5.26 Å². The maximum absolute atomic E-state index is 10.8. The summed E-state index contributed by atoms with van der Waals surface area (Å²) in [5, 5.41) is 8.76. The second kappa shape index (κ2) is 4.43. The molecule has 1 atom stereocenters. The van der Waals surface area contributed by atoms with Gasteiger partial charge in [0.15, 0.2) is 0 Å². The number of esters is 1. The zero-order valence-electron chi connectivity index (χ0n) is 8.15. The zero-order chi connectivity index (χ0) is 10.6. The third-order valence-electron chi connectivity index (χ3n) is 1.83. The molecule has 0 bridgehead atoms. The van der Waals surface area contributed by atoms with Gasteiger partial charge in [0.2, 0.25) is 0 Å². The predicted molar refractivity (Wildman–Crippen MR) is 51.8 cm³/mol. The van der Waals surface area contributed by atoms with Gasteiger partial charge in [0, 0.05) is 12.5 Å². The summed E-state index contributed by atoms with van der Waals surface area (Å²) in [6.07, 6.45) is 0. The molecule has 0 amide bonds. The van der Waals surface area contributed by atoms with E-state index >= 15 is 0 Å². The summed E-state index contributed by atoms with van der Waals surface area (Å²) in [5.41, 5.74) is 0.741. The van der Waals surface area contributed by atoms with Gasteiger partial charge in [0.25, 0.3) is 0 Å². The Balaban J connectivity index is 3.04. The Bertz CT molecular complexity index is 379. The van der Waals surface area contributed by atoms with Crippen molar-refractivity contribution in [1.82, 2.24) is 0 Å². The highest BCUT2D eigenvalue weighted by atomic mass is 16.5. The predicted octanol–water partition coefficient (Wildman–Crippen LogP) is 2.24. The number of carbonyl (C=O) groups excluding carboxylic acids is 1. The van der Waals surface area contributed by atoms with Crippen molar-refractivity contribution in [2.24, 2.45) is 0 Å². The molecule has 3 heteroatoms. The summed E-state index contributed by atoms with van der Waals surface area (Å²) in [4.78, 5) is 10.8. The molecule has 0 aliphatic carbocycles. The molecule has 0 saturated carbocycles. The Morgan fingerprint density at radius 1 is 1.50 bits per heavy atom. The van der Waals surface area contributed by atoms with Crippen LogP contribution in [0.5, 0.6) is 5.75 Å². The van der Waals surface area contributed by atoms with Crippen molar-refractivity contribution in [3.63, 3.8) is 0 Å². The first-order valence-electron chi connectivity index (χ1n) is 4.32. The van der Waals surface area contributed by atoms with Gasteiger partial charge in [-0.25, -0.2) is 0 Å². The maximum atomic E-state index is 10.8. The van der Waals surface area contributed by atoms with Crippen LogP contribution in [0, 0.1) is 11.3 Å². The third-order valence-corrected chi connectivity index (χ3v) is 1.83. The van der Waals surface area contributed by atoms with Crippen LogP contribution in [-0.2, 0) is 4.79 Å². The minimum atomic E-state index is -0.373. The molecule has 0 spiro atoms. The lowest BCUT2D eigenvalue weighted by Crippen LogP contribution is -2.04. The normalized spacial score (nSPS) is 11.5. The molecule has 14 heavy (non-hydrogen) atoms. The van der Waals surface area contributed by atoms with Gasteiger partial charge in [0.05, 0.1) is 12.0 Å². The van der Waals surface area contributed by atoms with Crippen LogP contribution in [0.4, 0.5) is 0 Å². The number of hydrogen-bond acceptors (Lipinski definition) is 3. The first kappa shape index (κ1) is 10.3. The standard InChI is InChI=1S/C11H11NO2/c1-8(7-12)10-5-3-4-6-11(10)14-9(2)13/h3-6,8H,1-2H3/t8-/m1/s1. The molecule has 1 aromatic carbocycles. The summed E-state index contributed by atoms with van der Waals surface area (Å²) in [7, 11) is 0. The van der Waals surface area contributed by atoms with Gasteiger partial charge < -0.3 is 4.74 Å². The number of nitriles is 1. The van der Waals surface area contributed by atoms with E-state index in [2.05, 4.69) is 6.07 Å². The highest BCUT2D eigenvalue weighted by Gasteiger charge is 2.11. The SMILES string of the molecule is CC(=O)Oc1ccccc1[C@H](C)C#N. The lowest BCUT2D eigenvalue weighted by molar-refractivity contribution is -0.131. The number of ether oxygens (including phenoxy) is 1. The minimum Gasteiger partial charge on any atom is -0.426 e. The first-order valence-corrected chi connectivity index (χ1v) is 4.32. The van der Waals surface area contributed by atoms with Crippen LogP contribution in [0.3, 0.4) is 0 Å². The molecule has 0 aliphatic heterocycles. The van der Waals surface area contributed by atoms with Crippen molar-refractivity contribution in [3.8, 4) is 11.8 Å². The van der Waals surface area contributed by atoms with Crippen LogP contribution in [0.25, 0.3) is 0 Å². The molecular formula is C11H11NO2. The summed E-state index contributed by atoms with van der Waals surface area (Å²) in [6.45, 7) is 3.11. The molecule has 0 N–H and O–H groups in total. The first-order chi connectivity index (χ1) is 6.65. The molecule has 0 aromatic heterocycles. The molecule has 0 heterocycles. The molecule has 72 valence electrons. The topological polar surface area (TPSA) is 50.1 Å². The Morgan fingerprint density at radius 3 is 2.71 bits per heavy atom. The smallest absolute Gasteiger partial charge is 0.308 e. The Kier molecular flexibility index (Phi) is 3.24. The van der Waals surface area contributed by atoms with Crippen LogP contribution in [0.1, 0.15) is 25.3 Å². The molecule has 0 aliphatic rings. The summed E-state index contributed by atoms with van der Waals surface area (Å²) in [6, 6.07) is 9.16. The lowest BCUT2D eigenvalue weighted by atomic mass is 10.0. The quantitative estimate of drug-likeness (QED) is 0.529. The van der Waals surface area contributed by atoms with Crippen molar-refractivity contribution in [3.05, 3.63) is 29.8 Å². The maximum Gasteiger partial charge on any atom is 0.308 e. The Hall–Kier alpha value is -1.82. The number of carbonyl (C=O) groups is 1. The van der Waals surface area contributed by atoms with Crippen LogP contribution in [0.2, 0.25) is 0 Å². The average molecular weight is 189 g/mol. The van der Waals surface area contributed by atoms with Crippen molar-refractivity contribution in [1.29, 1.82) is 5.26 Å². The van der Waals surface area contributed by atoms with Crippen LogP contribution in [-0.4, -0.2) is 5.97 Å². The van der Waals surface area contributed by atoms with Crippen molar-refractivity contribution in [2.45, 2.75) is 19.8 Å². The van der Waals surface area contributed by atoms with Gasteiger partial charge >= 0.3 is 5.97 Å². The summed E-state index contributed by atoms with van der Waals surface area (Å²) < 4.78 is 4.98. The zero-order valence-corrected chi connectivity index (χ0v) is 8.15. The van der Waals surface area contributed by atoms with Crippen LogP contribution < -0.4 is 4.74 Å². The molecule has 0 unspecified atom stereocenters. The number of hydrogen-bond donors (Lipinski definition) is 0. The highest BCUT2D eigenvalue weighted by Crippen LogP contribution is 2.25. The monoisotopic (exact) mass is 189 g/mol. The summed E-state index contributed by atoms with van der Waals surface area (Å²) >= 11 is 0. The molecule has 0 saturated heterocycles. The van der Waals surface area contributed by atoms with Crippen LogP contribution in [0.15, 0.2) is 24.3 Å². The van der Waals surface area contributed by atoms with Gasteiger partial charge in [-0.05, 0) is 13.0 Å². The van der Waals surface area contributed by atoms with Crippen molar-refractivity contribution >= 4 is 5.97 Å². The molecule has 0 radical (unpaired) electrons. The number of rotatable bonds is 2. The molecule has 3 nitrogen and oxygen atoms in total. The molecule has 0 fully saturated rings. The number of para-hydroxylation sites is 1. The largest absolute Gasteiger partial charge is 0.426 e. The van der Waals surface area contributed by atoms with E-state index < -0.39 is 0 Å². The summed E-state index contributed by atoms with van der Waals surface area (Å²) in [5.74, 6) is -0.179. The Labute approximate surface area is 82.9 Å². The Morgan fingerprint density at radius 2 is 2.14 bits per heavy atom. The molecular weight excluding hydrogens is 178 g/mol. The fraction of sp³-hybridized carbons (Fsp3) is 0.273. The second-order valence-electron chi connectivity index (χ2n) is 2.98. The van der Waals surface area contributed by atoms with Gasteiger partial charge in [0.1, 0.15) is 5.75 Å². The fourth-order valence-corrected chi connectivity index (χ4v) is 1.16. The van der Waals surface area contributed by atoms with E-state index in [-0.39, 0.29) is 11.9 Å². The van der Waals surface area contributed by atoms with Crippen LogP contribution >= 0.6 is 0 Å². The van der Waals surface area contributed by atoms with Gasteiger partial charge in [-0.1, -0.05) is 18.2 Å². The molecule has 1 aromatic rings. The van der Waals surface area contributed by atoms with Gasteiger partial charge in [-0.15, -0.1) is 0 Å². The van der Waals surface area contributed by atoms with E-state index in [1.807, 2.05) is 6.07 Å². The van der Waals surface area contributed by atoms with Crippen molar-refractivity contribution in [2.75, 3.05) is 0 Å². The number of nitrogens with zero attached hydrogens (tertiary/aromatic N) is 1. The van der Waals surface area contributed by atoms with E-state index in [4.69, 9.17) is 10.00 Å². The average Bonchev–Trinajstić information content (AvgIpc) is 2.16. The van der Waals surface area contributed by atoms with E-state index in [0.717, 1.165) is 5.56 Å². The van der Waals surface area contributed by atoms with E-state index in [0.29, 0.717) is 5.75 Å². The van der Waals surface area contributed by atoms with E-state index in [1.165, 1.54) is 6.92 Å². The third kappa shape index (κ3) is 2.33. The van der Waals surface area contributed by atoms with E-state index in [9.17, 15) is 4.79 Å². The second-order valence-corrected chi connectivity index (χ2v) is 2.98. The number of benzene rings is 1. The van der Waals surface area contributed by atoms with Gasteiger partial charge in [-0.3, -0.25) is 4.79 Å². The van der Waals surface area contributed by atoms with E-state index in [1.54, 1.807) is 25.1 Å².